The van der Waals surface area contributed by atoms with Crippen molar-refractivity contribution in [2.75, 3.05) is 24.6 Å². The molecule has 1 aliphatic heterocycles. The van der Waals surface area contributed by atoms with Gasteiger partial charge in [-0.15, -0.1) is 0 Å². The number of rotatable bonds is 8. The Hall–Kier alpha value is -2.98. The number of sulfone groups is 1. The van der Waals surface area contributed by atoms with Crippen molar-refractivity contribution in [3.8, 4) is 11.8 Å². The van der Waals surface area contributed by atoms with E-state index in [2.05, 4.69) is 15.2 Å². The molecular formula is C25H29ClF3N5O4S. The number of nitrogens with one attached hydrogen (secondary N) is 1. The second kappa shape index (κ2) is 11.3. The molecule has 9 nitrogen and oxygen atoms in total. The van der Waals surface area contributed by atoms with E-state index in [1.807, 2.05) is 28.6 Å². The van der Waals surface area contributed by atoms with Gasteiger partial charge in [0.1, 0.15) is 17.1 Å². The first-order valence-corrected chi connectivity index (χ1v) is 14.5. The minimum absolute atomic E-state index is 0.0935. The van der Waals surface area contributed by atoms with Crippen LogP contribution in [0, 0.1) is 18.3 Å². The Balaban J connectivity index is 0.000000379. The Labute approximate surface area is 229 Å². The fourth-order valence-corrected chi connectivity index (χ4v) is 6.73. The van der Waals surface area contributed by atoms with Crippen molar-refractivity contribution in [3.05, 3.63) is 35.0 Å². The number of carbonyl (C=O) groups is 1. The van der Waals surface area contributed by atoms with Gasteiger partial charge in [0.25, 0.3) is 0 Å². The number of ether oxygens (including phenoxy) is 1. The molecule has 2 saturated carbocycles. The van der Waals surface area contributed by atoms with Gasteiger partial charge < -0.3 is 15.0 Å². The van der Waals surface area contributed by atoms with Gasteiger partial charge in [-0.2, -0.15) is 23.5 Å². The summed E-state index contributed by atoms with van der Waals surface area (Å²) in [5.41, 5.74) is 0.424. The lowest BCUT2D eigenvalue weighted by Gasteiger charge is -2.30. The zero-order chi connectivity index (χ0) is 28.4. The number of hydrogen-bond donors (Lipinski definition) is 1. The average Bonchev–Trinajstić information content (AvgIpc) is 3.24. The molecule has 2 aliphatic carbocycles. The Bertz CT molecular complexity index is 1350. The number of anilines is 1. The van der Waals surface area contributed by atoms with Crippen molar-refractivity contribution in [1.29, 1.82) is 5.26 Å². The summed E-state index contributed by atoms with van der Waals surface area (Å²) in [6.45, 7) is 1.33. The van der Waals surface area contributed by atoms with Crippen LogP contribution in [0.15, 0.2) is 29.2 Å². The molecule has 0 bridgehead atoms. The summed E-state index contributed by atoms with van der Waals surface area (Å²) in [7, 11) is -3.77. The summed E-state index contributed by atoms with van der Waals surface area (Å²) in [5.74, 6) is 0.802. The molecule has 1 unspecified atom stereocenters. The fraction of sp³-hybridized carbons (Fsp3) is 0.560. The van der Waals surface area contributed by atoms with E-state index in [0.29, 0.717) is 32.0 Å². The van der Waals surface area contributed by atoms with Crippen LogP contribution in [-0.4, -0.2) is 61.3 Å². The van der Waals surface area contributed by atoms with Gasteiger partial charge >= 0.3 is 6.18 Å². The zero-order valence-corrected chi connectivity index (χ0v) is 22.8. The third-order valence-electron chi connectivity index (χ3n) is 7.08. The molecule has 3 fully saturated rings. The smallest absolute Gasteiger partial charge is 0.422 e. The monoisotopic (exact) mass is 587 g/mol. The van der Waals surface area contributed by atoms with Crippen LogP contribution < -0.4 is 15.0 Å². The standard InChI is InChI=1S/C20H23ClF3N3O3S.C5H6N2O/c1-13-9-19(27(25-13)14-3-2-4-14)26-8-7-16(11-26)31(28,29)18-6-5-15(10-17(18)21)30-12-20(22,23)24;6-3-5(1-2-5)7-4-8/h5-6,9-10,14,16H,2-4,7-8,11-12H2,1H3;4H,1-2H2,(H,7,8). The molecular weight excluding hydrogens is 559 g/mol. The molecule has 2 heterocycles. The number of aryl methyl sites for hydroxylation is 1. The molecule has 1 saturated heterocycles. The van der Waals surface area contributed by atoms with Crippen LogP contribution in [0.3, 0.4) is 0 Å². The molecule has 1 aromatic carbocycles. The fourth-order valence-electron chi connectivity index (χ4n) is 4.50. The molecule has 39 heavy (non-hydrogen) atoms. The second-order valence-corrected chi connectivity index (χ2v) is 12.6. The lowest BCUT2D eigenvalue weighted by Crippen LogP contribution is -2.30. The summed E-state index contributed by atoms with van der Waals surface area (Å²) < 4.78 is 70.1. The number of benzene rings is 1. The number of halogens is 4. The van der Waals surface area contributed by atoms with Gasteiger partial charge in [-0.3, -0.25) is 4.79 Å². The third kappa shape index (κ3) is 6.78. The molecule has 212 valence electrons. The Morgan fingerprint density at radius 2 is 2.00 bits per heavy atom. The number of nitrogens with zero attached hydrogens (tertiary/aromatic N) is 4. The summed E-state index contributed by atoms with van der Waals surface area (Å²) in [4.78, 5) is 11.7. The van der Waals surface area contributed by atoms with Crippen molar-refractivity contribution >= 4 is 33.7 Å². The summed E-state index contributed by atoms with van der Waals surface area (Å²) >= 11 is 6.12. The van der Waals surface area contributed by atoms with E-state index in [1.165, 1.54) is 18.6 Å². The molecule has 1 atom stereocenters. The van der Waals surface area contributed by atoms with E-state index in [1.54, 1.807) is 0 Å². The molecule has 14 heteroatoms. The van der Waals surface area contributed by atoms with Crippen LogP contribution >= 0.6 is 11.6 Å². The quantitative estimate of drug-likeness (QED) is 0.456. The van der Waals surface area contributed by atoms with E-state index >= 15 is 0 Å². The molecule has 3 aliphatic rings. The predicted molar refractivity (Wildman–Crippen MR) is 137 cm³/mol. The maximum absolute atomic E-state index is 13.2. The van der Waals surface area contributed by atoms with Gasteiger partial charge in [0.15, 0.2) is 16.4 Å². The van der Waals surface area contributed by atoms with Crippen molar-refractivity contribution in [1.82, 2.24) is 15.1 Å². The summed E-state index contributed by atoms with van der Waals surface area (Å²) in [5, 5.41) is 14.5. The molecule has 2 aromatic rings. The normalized spacial score (nSPS) is 20.3. The van der Waals surface area contributed by atoms with E-state index < -0.39 is 33.4 Å². The van der Waals surface area contributed by atoms with Crippen LogP contribution in [0.4, 0.5) is 19.0 Å². The van der Waals surface area contributed by atoms with Gasteiger partial charge in [0.2, 0.25) is 6.41 Å². The second-order valence-electron chi connectivity index (χ2n) is 10.0. The Morgan fingerprint density at radius 1 is 1.28 bits per heavy atom. The first-order chi connectivity index (χ1) is 18.4. The summed E-state index contributed by atoms with van der Waals surface area (Å²) in [6, 6.07) is 7.88. The number of hydrogen-bond acceptors (Lipinski definition) is 7. The van der Waals surface area contributed by atoms with E-state index in [4.69, 9.17) is 16.9 Å². The number of amides is 1. The SMILES string of the molecule is Cc1cc(N2CCC(S(=O)(=O)c3ccc(OCC(F)(F)F)cc3Cl)C2)n(C2CCC2)n1.N#CC1(NC=O)CC1. The lowest BCUT2D eigenvalue weighted by atomic mass is 9.93. The highest BCUT2D eigenvalue weighted by Crippen LogP contribution is 2.38. The predicted octanol–water partition coefficient (Wildman–Crippen LogP) is 4.35. The highest BCUT2D eigenvalue weighted by Gasteiger charge is 2.42. The third-order valence-corrected chi connectivity index (χ3v) is 9.73. The maximum atomic E-state index is 13.2. The zero-order valence-electron chi connectivity index (χ0n) is 21.2. The highest BCUT2D eigenvalue weighted by molar-refractivity contribution is 7.92. The van der Waals surface area contributed by atoms with E-state index in [0.717, 1.165) is 43.3 Å². The minimum Gasteiger partial charge on any atom is -0.484 e. The molecule has 0 spiro atoms. The Kier molecular flexibility index (Phi) is 8.37. The molecule has 1 N–H and O–H groups in total. The highest BCUT2D eigenvalue weighted by atomic mass is 35.5. The van der Waals surface area contributed by atoms with Gasteiger partial charge in [-0.1, -0.05) is 11.6 Å². The van der Waals surface area contributed by atoms with Crippen LogP contribution in [-0.2, 0) is 14.6 Å². The van der Waals surface area contributed by atoms with Gasteiger partial charge in [-0.05, 0) is 57.6 Å². The minimum atomic E-state index is -4.49. The number of aromatic nitrogens is 2. The summed E-state index contributed by atoms with van der Waals surface area (Å²) in [6.07, 6.45) is 1.45. The number of nitriles is 1. The van der Waals surface area contributed by atoms with Crippen LogP contribution in [0.5, 0.6) is 5.75 Å². The van der Waals surface area contributed by atoms with Gasteiger partial charge in [-0.25, -0.2) is 13.1 Å². The van der Waals surface area contributed by atoms with Crippen LogP contribution in [0.2, 0.25) is 5.02 Å². The van der Waals surface area contributed by atoms with E-state index in [-0.39, 0.29) is 15.7 Å². The largest absolute Gasteiger partial charge is 0.484 e. The molecule has 1 amide bonds. The van der Waals surface area contributed by atoms with Gasteiger partial charge in [0, 0.05) is 25.2 Å². The first kappa shape index (κ1) is 29.0. The Morgan fingerprint density at radius 3 is 2.51 bits per heavy atom. The maximum Gasteiger partial charge on any atom is 0.422 e. The topological polar surface area (TPSA) is 117 Å². The van der Waals surface area contributed by atoms with Crippen molar-refractivity contribution < 1.29 is 31.1 Å². The number of carbonyl (C=O) groups excluding carboxylic acids is 1. The molecule has 0 radical (unpaired) electrons. The van der Waals surface area contributed by atoms with Crippen molar-refractivity contribution in [2.45, 2.75) is 73.4 Å². The van der Waals surface area contributed by atoms with Crippen molar-refractivity contribution in [2.24, 2.45) is 0 Å². The first-order valence-electron chi connectivity index (χ1n) is 12.5. The van der Waals surface area contributed by atoms with E-state index in [9.17, 15) is 26.4 Å². The average molecular weight is 588 g/mol. The van der Waals surface area contributed by atoms with Crippen molar-refractivity contribution in [3.63, 3.8) is 0 Å². The molecule has 5 rings (SSSR count). The molecule has 1 aromatic heterocycles. The van der Waals surface area contributed by atoms with Crippen LogP contribution in [0.25, 0.3) is 0 Å². The number of alkyl halides is 3. The van der Waals surface area contributed by atoms with Crippen LogP contribution in [0.1, 0.15) is 50.3 Å². The lowest BCUT2D eigenvalue weighted by molar-refractivity contribution is -0.153. The van der Waals surface area contributed by atoms with Gasteiger partial charge in [0.05, 0.1) is 33.0 Å².